The summed E-state index contributed by atoms with van der Waals surface area (Å²) in [6.45, 7) is 0.983. The first-order valence-electron chi connectivity index (χ1n) is 4.85. The number of hydrazine groups is 1. The van der Waals surface area contributed by atoms with Gasteiger partial charge in [-0.3, -0.25) is 10.0 Å². The van der Waals surface area contributed by atoms with Gasteiger partial charge < -0.3 is 0 Å². The van der Waals surface area contributed by atoms with E-state index in [2.05, 4.69) is 59.6 Å². The maximum absolute atomic E-state index is 2.27. The average molecular weight is 184 g/mol. The molecule has 2 heteroatoms. The summed E-state index contributed by atoms with van der Waals surface area (Å²) in [5.41, 5.74) is 3.86. The van der Waals surface area contributed by atoms with Crippen molar-refractivity contribution in [2.45, 2.75) is 0 Å². The highest BCUT2D eigenvalue weighted by molar-refractivity contribution is 5.73. The molecular weight excluding hydrogens is 172 g/mol. The van der Waals surface area contributed by atoms with Gasteiger partial charge in [0.05, 0.1) is 17.9 Å². The molecule has 14 heavy (non-hydrogen) atoms. The molecular formula is C12H12N2. The van der Waals surface area contributed by atoms with Gasteiger partial charge in [-0.05, 0) is 18.2 Å². The minimum absolute atomic E-state index is 0.983. The van der Waals surface area contributed by atoms with Gasteiger partial charge in [-0.1, -0.05) is 24.3 Å². The molecule has 0 radical (unpaired) electrons. The molecule has 0 aliphatic carbocycles. The maximum Gasteiger partial charge on any atom is 0.0644 e. The lowest BCUT2D eigenvalue weighted by Crippen LogP contribution is -2.38. The van der Waals surface area contributed by atoms with Crippen molar-refractivity contribution in [3.63, 3.8) is 0 Å². The average Bonchev–Trinajstić information content (AvgIpc) is 2.66. The second kappa shape index (κ2) is 2.64. The van der Waals surface area contributed by atoms with E-state index < -0.39 is 0 Å². The number of nitrogens with zero attached hydrogens (tertiary/aromatic N) is 2. The van der Waals surface area contributed by atoms with E-state index in [1.165, 1.54) is 16.9 Å². The Balaban J connectivity index is 2.19. The Hall–Kier alpha value is -1.70. The predicted molar refractivity (Wildman–Crippen MR) is 58.7 cm³/mol. The van der Waals surface area contributed by atoms with Crippen LogP contribution in [0.25, 0.3) is 6.08 Å². The number of anilines is 1. The van der Waals surface area contributed by atoms with Gasteiger partial charge in [-0.25, -0.2) is 0 Å². The molecule has 0 aromatic heterocycles. The molecule has 0 spiro atoms. The largest absolute Gasteiger partial charge is 0.288 e. The fraction of sp³-hybridized carbons (Fsp3) is 0.167. The van der Waals surface area contributed by atoms with E-state index in [9.17, 15) is 0 Å². The summed E-state index contributed by atoms with van der Waals surface area (Å²) in [5.74, 6) is 0. The van der Waals surface area contributed by atoms with Crippen LogP contribution >= 0.6 is 0 Å². The van der Waals surface area contributed by atoms with Crippen LogP contribution in [0.1, 0.15) is 5.56 Å². The molecule has 2 heterocycles. The summed E-state index contributed by atoms with van der Waals surface area (Å²) >= 11 is 0. The lowest BCUT2D eigenvalue weighted by Gasteiger charge is -2.36. The van der Waals surface area contributed by atoms with Gasteiger partial charge >= 0.3 is 0 Å². The van der Waals surface area contributed by atoms with Crippen LogP contribution in [0.5, 0.6) is 0 Å². The van der Waals surface area contributed by atoms with Gasteiger partial charge in [-0.2, -0.15) is 0 Å². The van der Waals surface area contributed by atoms with E-state index in [0.29, 0.717) is 0 Å². The fourth-order valence-corrected chi connectivity index (χ4v) is 2.08. The predicted octanol–water partition coefficient (Wildman–Crippen LogP) is 2.26. The third-order valence-corrected chi connectivity index (χ3v) is 2.82. The van der Waals surface area contributed by atoms with Crippen LogP contribution in [-0.2, 0) is 0 Å². The minimum Gasteiger partial charge on any atom is -0.288 e. The molecule has 2 aliphatic rings. The second-order valence-electron chi connectivity index (χ2n) is 3.64. The number of rotatable bonds is 0. The van der Waals surface area contributed by atoms with E-state index in [-0.39, 0.29) is 0 Å². The number of hydrogen-bond acceptors (Lipinski definition) is 2. The zero-order valence-corrected chi connectivity index (χ0v) is 8.14. The fourth-order valence-electron chi connectivity index (χ4n) is 2.08. The first-order valence-corrected chi connectivity index (χ1v) is 4.85. The highest BCUT2D eigenvalue weighted by Gasteiger charge is 2.22. The normalized spacial score (nSPS) is 17.9. The molecule has 0 amide bonds. The van der Waals surface area contributed by atoms with E-state index in [1.807, 2.05) is 0 Å². The van der Waals surface area contributed by atoms with E-state index in [0.717, 1.165) is 6.54 Å². The first kappa shape index (κ1) is 7.68. The topological polar surface area (TPSA) is 6.48 Å². The third kappa shape index (κ3) is 0.909. The lowest BCUT2D eigenvalue weighted by atomic mass is 10.1. The SMILES string of the molecule is CN1c2ccccc2C=C2C=CCN21. The summed E-state index contributed by atoms with van der Waals surface area (Å²) < 4.78 is 0. The number of para-hydroxylation sites is 1. The first-order chi connectivity index (χ1) is 6.86. The highest BCUT2D eigenvalue weighted by Crippen LogP contribution is 2.32. The van der Waals surface area contributed by atoms with Crippen molar-refractivity contribution in [2.75, 3.05) is 18.6 Å². The van der Waals surface area contributed by atoms with Crippen LogP contribution < -0.4 is 5.01 Å². The van der Waals surface area contributed by atoms with Crippen LogP contribution in [0.3, 0.4) is 0 Å². The van der Waals surface area contributed by atoms with Crippen LogP contribution in [0.2, 0.25) is 0 Å². The zero-order valence-electron chi connectivity index (χ0n) is 8.14. The smallest absolute Gasteiger partial charge is 0.0644 e. The molecule has 3 rings (SSSR count). The molecule has 0 bridgehead atoms. The Morgan fingerprint density at radius 1 is 1.21 bits per heavy atom. The Morgan fingerprint density at radius 2 is 2.07 bits per heavy atom. The number of fused-ring (bicyclic) bond motifs is 2. The molecule has 0 fully saturated rings. The van der Waals surface area contributed by atoms with Gasteiger partial charge in [0.1, 0.15) is 0 Å². The van der Waals surface area contributed by atoms with Crippen molar-refractivity contribution >= 4 is 11.8 Å². The van der Waals surface area contributed by atoms with Crippen molar-refractivity contribution in [2.24, 2.45) is 0 Å². The molecule has 2 nitrogen and oxygen atoms in total. The number of benzene rings is 1. The maximum atomic E-state index is 2.27. The molecule has 1 aromatic rings. The number of hydrogen-bond donors (Lipinski definition) is 0. The summed E-state index contributed by atoms with van der Waals surface area (Å²) in [6.07, 6.45) is 6.60. The second-order valence-corrected chi connectivity index (χ2v) is 3.64. The standard InChI is InChI=1S/C12H12N2/c1-13-12-7-3-2-5-10(12)9-11-6-4-8-14(11)13/h2-7,9H,8H2,1H3. The van der Waals surface area contributed by atoms with E-state index in [4.69, 9.17) is 0 Å². The summed E-state index contributed by atoms with van der Waals surface area (Å²) in [7, 11) is 2.11. The molecule has 2 aliphatic heterocycles. The van der Waals surface area contributed by atoms with Crippen LogP contribution in [-0.4, -0.2) is 18.6 Å². The van der Waals surface area contributed by atoms with Crippen LogP contribution in [0.4, 0.5) is 5.69 Å². The van der Waals surface area contributed by atoms with Crippen molar-refractivity contribution in [3.8, 4) is 0 Å². The zero-order chi connectivity index (χ0) is 9.54. The molecule has 0 saturated heterocycles. The number of allylic oxidation sites excluding steroid dienone is 1. The molecule has 0 unspecified atom stereocenters. The van der Waals surface area contributed by atoms with Gasteiger partial charge in [0.25, 0.3) is 0 Å². The summed E-state index contributed by atoms with van der Waals surface area (Å²) in [5, 5.41) is 4.48. The lowest BCUT2D eigenvalue weighted by molar-refractivity contribution is 0.394. The third-order valence-electron chi connectivity index (χ3n) is 2.82. The molecule has 1 aromatic carbocycles. The summed E-state index contributed by atoms with van der Waals surface area (Å²) in [4.78, 5) is 0. The van der Waals surface area contributed by atoms with E-state index in [1.54, 1.807) is 0 Å². The molecule has 70 valence electrons. The van der Waals surface area contributed by atoms with Gasteiger partial charge in [0.15, 0.2) is 0 Å². The quantitative estimate of drug-likeness (QED) is 0.610. The molecule has 0 atom stereocenters. The van der Waals surface area contributed by atoms with Crippen molar-refractivity contribution in [1.29, 1.82) is 0 Å². The Kier molecular flexibility index (Phi) is 1.45. The monoisotopic (exact) mass is 184 g/mol. The van der Waals surface area contributed by atoms with Gasteiger partial charge in [0.2, 0.25) is 0 Å². The van der Waals surface area contributed by atoms with Crippen molar-refractivity contribution in [1.82, 2.24) is 5.01 Å². The minimum atomic E-state index is 0.983. The van der Waals surface area contributed by atoms with Gasteiger partial charge in [0, 0.05) is 12.6 Å². The van der Waals surface area contributed by atoms with E-state index >= 15 is 0 Å². The Labute approximate surface area is 83.7 Å². The Morgan fingerprint density at radius 3 is 3.00 bits per heavy atom. The van der Waals surface area contributed by atoms with Crippen LogP contribution in [0.15, 0.2) is 42.1 Å². The van der Waals surface area contributed by atoms with Gasteiger partial charge in [-0.15, -0.1) is 0 Å². The molecule has 0 N–H and O–H groups in total. The molecule has 0 saturated carbocycles. The van der Waals surface area contributed by atoms with Crippen LogP contribution in [0, 0.1) is 0 Å². The van der Waals surface area contributed by atoms with Crippen molar-refractivity contribution < 1.29 is 0 Å². The van der Waals surface area contributed by atoms with Crippen molar-refractivity contribution in [3.05, 3.63) is 47.7 Å². The Bertz CT molecular complexity index is 432. The summed E-state index contributed by atoms with van der Waals surface area (Å²) in [6, 6.07) is 8.47. The highest BCUT2D eigenvalue weighted by atomic mass is 15.6.